The van der Waals surface area contributed by atoms with E-state index in [1.54, 1.807) is 11.8 Å². The van der Waals surface area contributed by atoms with Gasteiger partial charge in [-0.2, -0.15) is 0 Å². The van der Waals surface area contributed by atoms with Gasteiger partial charge in [-0.05, 0) is 23.3 Å². The van der Waals surface area contributed by atoms with Crippen molar-refractivity contribution in [2.45, 2.75) is 10.6 Å². The van der Waals surface area contributed by atoms with Gasteiger partial charge in [-0.3, -0.25) is 0 Å². The van der Waals surface area contributed by atoms with E-state index in [9.17, 15) is 4.79 Å². The third-order valence-corrected chi connectivity index (χ3v) is 4.15. The van der Waals surface area contributed by atoms with Gasteiger partial charge in [0.15, 0.2) is 0 Å². The molecule has 0 saturated carbocycles. The molecule has 114 valence electrons. The Kier molecular flexibility index (Phi) is 6.10. The minimum Gasteiger partial charge on any atom is -0.503 e. The van der Waals surface area contributed by atoms with Gasteiger partial charge in [0.1, 0.15) is 5.57 Å². The Morgan fingerprint density at radius 1 is 1.05 bits per heavy atom. The van der Waals surface area contributed by atoms with Gasteiger partial charge < -0.3 is 9.47 Å². The summed E-state index contributed by atoms with van der Waals surface area (Å²) < 4.78 is 9.87. The fraction of sp³-hybridized carbons (Fsp3) is 0.167. The SMILES string of the molecule is CO/C=C(\C(=O)OC)c1ccccc1CSc1ccccc1. The first-order valence-corrected chi connectivity index (χ1v) is 7.82. The standard InChI is InChI=1S/C18H18O3S/c1-20-12-17(18(19)21-2)16-11-7-6-8-14(16)13-22-15-9-4-3-5-10-15/h3-12H,13H2,1-2H3/b17-12-. The second kappa shape index (κ2) is 8.29. The molecule has 0 aromatic heterocycles. The Morgan fingerprint density at radius 3 is 2.41 bits per heavy atom. The van der Waals surface area contributed by atoms with Crippen LogP contribution in [0, 0.1) is 0 Å². The first-order chi connectivity index (χ1) is 10.8. The first-order valence-electron chi connectivity index (χ1n) is 6.83. The number of benzene rings is 2. The minimum absolute atomic E-state index is 0.404. The Bertz CT molecular complexity index is 650. The van der Waals surface area contributed by atoms with Crippen LogP contribution in [-0.4, -0.2) is 20.2 Å². The molecule has 0 aliphatic heterocycles. The molecule has 0 aliphatic carbocycles. The van der Waals surface area contributed by atoms with E-state index in [4.69, 9.17) is 9.47 Å². The number of ether oxygens (including phenoxy) is 2. The molecule has 0 unspecified atom stereocenters. The second-order valence-electron chi connectivity index (χ2n) is 4.52. The van der Waals surface area contributed by atoms with E-state index in [2.05, 4.69) is 12.1 Å². The van der Waals surface area contributed by atoms with Gasteiger partial charge in [-0.15, -0.1) is 11.8 Å². The van der Waals surface area contributed by atoms with Crippen LogP contribution in [0.25, 0.3) is 5.57 Å². The van der Waals surface area contributed by atoms with Crippen LogP contribution in [0.2, 0.25) is 0 Å². The highest BCUT2D eigenvalue weighted by molar-refractivity contribution is 7.98. The molecule has 0 aliphatic rings. The number of carbonyl (C=O) groups excluding carboxylic acids is 1. The molecule has 0 spiro atoms. The second-order valence-corrected chi connectivity index (χ2v) is 5.57. The maximum atomic E-state index is 12.0. The molecule has 0 bridgehead atoms. The number of hydrogen-bond acceptors (Lipinski definition) is 4. The van der Waals surface area contributed by atoms with E-state index >= 15 is 0 Å². The highest BCUT2D eigenvalue weighted by Crippen LogP contribution is 2.28. The maximum absolute atomic E-state index is 12.0. The molecule has 22 heavy (non-hydrogen) atoms. The summed E-state index contributed by atoms with van der Waals surface area (Å²) in [5.74, 6) is 0.358. The largest absolute Gasteiger partial charge is 0.503 e. The van der Waals surface area contributed by atoms with Crippen molar-refractivity contribution >= 4 is 23.3 Å². The number of hydrogen-bond donors (Lipinski definition) is 0. The Balaban J connectivity index is 2.26. The highest BCUT2D eigenvalue weighted by atomic mass is 32.2. The Hall–Kier alpha value is -2.20. The van der Waals surface area contributed by atoms with E-state index in [0.717, 1.165) is 16.9 Å². The van der Waals surface area contributed by atoms with Crippen LogP contribution in [-0.2, 0) is 20.0 Å². The molecule has 0 amide bonds. The molecule has 0 radical (unpaired) electrons. The van der Waals surface area contributed by atoms with Crippen molar-refractivity contribution in [3.63, 3.8) is 0 Å². The normalized spacial score (nSPS) is 11.1. The van der Waals surface area contributed by atoms with Crippen LogP contribution >= 0.6 is 11.8 Å². The summed E-state index contributed by atoms with van der Waals surface area (Å²) in [6, 6.07) is 17.9. The lowest BCUT2D eigenvalue weighted by Crippen LogP contribution is -2.06. The first kappa shape index (κ1) is 16.2. The predicted octanol–water partition coefficient (Wildman–Crippen LogP) is 4.14. The van der Waals surface area contributed by atoms with E-state index < -0.39 is 5.97 Å². The van der Waals surface area contributed by atoms with Crippen LogP contribution in [0.4, 0.5) is 0 Å². The molecule has 3 nitrogen and oxygen atoms in total. The number of thioether (sulfide) groups is 1. The molecular formula is C18H18O3S. The topological polar surface area (TPSA) is 35.5 Å². The zero-order valence-electron chi connectivity index (χ0n) is 12.6. The molecule has 2 aromatic carbocycles. The smallest absolute Gasteiger partial charge is 0.341 e. The third-order valence-electron chi connectivity index (χ3n) is 3.09. The Morgan fingerprint density at radius 2 is 1.73 bits per heavy atom. The van der Waals surface area contributed by atoms with Gasteiger partial charge in [0.2, 0.25) is 0 Å². The molecule has 0 saturated heterocycles. The van der Waals surface area contributed by atoms with E-state index in [1.807, 2.05) is 42.5 Å². The zero-order chi connectivity index (χ0) is 15.8. The van der Waals surface area contributed by atoms with Crippen molar-refractivity contribution in [1.82, 2.24) is 0 Å². The van der Waals surface area contributed by atoms with Gasteiger partial charge in [0, 0.05) is 10.6 Å². The fourth-order valence-corrected chi connectivity index (χ4v) is 2.96. The number of esters is 1. The van der Waals surface area contributed by atoms with Crippen molar-refractivity contribution in [3.8, 4) is 0 Å². The van der Waals surface area contributed by atoms with Gasteiger partial charge in [-0.1, -0.05) is 42.5 Å². The average Bonchev–Trinajstić information content (AvgIpc) is 2.58. The number of rotatable bonds is 6. The van der Waals surface area contributed by atoms with Crippen molar-refractivity contribution < 1.29 is 14.3 Å². The van der Waals surface area contributed by atoms with Crippen LogP contribution in [0.5, 0.6) is 0 Å². The van der Waals surface area contributed by atoms with Crippen LogP contribution in [0.1, 0.15) is 11.1 Å². The number of carbonyl (C=O) groups is 1. The highest BCUT2D eigenvalue weighted by Gasteiger charge is 2.16. The lowest BCUT2D eigenvalue weighted by atomic mass is 10.0. The molecule has 0 atom stereocenters. The average molecular weight is 314 g/mol. The lowest BCUT2D eigenvalue weighted by molar-refractivity contribution is -0.133. The van der Waals surface area contributed by atoms with Gasteiger partial charge in [0.25, 0.3) is 0 Å². The van der Waals surface area contributed by atoms with Crippen molar-refractivity contribution in [1.29, 1.82) is 0 Å². The lowest BCUT2D eigenvalue weighted by Gasteiger charge is -2.11. The van der Waals surface area contributed by atoms with Gasteiger partial charge >= 0.3 is 5.97 Å². The van der Waals surface area contributed by atoms with Crippen LogP contribution in [0.3, 0.4) is 0 Å². The summed E-state index contributed by atoms with van der Waals surface area (Å²) in [4.78, 5) is 13.1. The van der Waals surface area contributed by atoms with Crippen molar-refractivity contribution in [2.24, 2.45) is 0 Å². The number of methoxy groups -OCH3 is 2. The summed E-state index contributed by atoms with van der Waals surface area (Å²) in [6.07, 6.45) is 1.43. The molecule has 2 rings (SSSR count). The summed E-state index contributed by atoms with van der Waals surface area (Å²) in [7, 11) is 2.89. The van der Waals surface area contributed by atoms with Gasteiger partial charge in [0.05, 0.1) is 20.5 Å². The summed E-state index contributed by atoms with van der Waals surface area (Å²) in [5, 5.41) is 0. The fourth-order valence-electron chi connectivity index (χ4n) is 2.04. The van der Waals surface area contributed by atoms with Crippen molar-refractivity contribution in [2.75, 3.05) is 14.2 Å². The maximum Gasteiger partial charge on any atom is 0.341 e. The molecule has 0 fully saturated rings. The minimum atomic E-state index is -0.404. The monoisotopic (exact) mass is 314 g/mol. The molecule has 0 N–H and O–H groups in total. The summed E-state index contributed by atoms with van der Waals surface area (Å²) >= 11 is 1.72. The molecular weight excluding hydrogens is 296 g/mol. The van der Waals surface area contributed by atoms with Crippen LogP contribution in [0.15, 0.2) is 65.8 Å². The van der Waals surface area contributed by atoms with Crippen molar-refractivity contribution in [3.05, 3.63) is 72.0 Å². The predicted molar refractivity (Wildman–Crippen MR) is 89.4 cm³/mol. The van der Waals surface area contributed by atoms with Crippen LogP contribution < -0.4 is 0 Å². The molecule has 4 heteroatoms. The Labute approximate surface area is 135 Å². The summed E-state index contributed by atoms with van der Waals surface area (Å²) in [6.45, 7) is 0. The van der Waals surface area contributed by atoms with Gasteiger partial charge in [-0.25, -0.2) is 4.79 Å². The zero-order valence-corrected chi connectivity index (χ0v) is 13.4. The van der Waals surface area contributed by atoms with E-state index in [0.29, 0.717) is 5.57 Å². The molecule has 0 heterocycles. The molecule has 2 aromatic rings. The van der Waals surface area contributed by atoms with E-state index in [-0.39, 0.29) is 0 Å². The third kappa shape index (κ3) is 4.15. The quantitative estimate of drug-likeness (QED) is 0.347. The summed E-state index contributed by atoms with van der Waals surface area (Å²) in [5.41, 5.74) is 2.32. The van der Waals surface area contributed by atoms with E-state index in [1.165, 1.54) is 25.4 Å².